The number of carbonyl (C=O) groups excluding carboxylic acids is 4. The van der Waals surface area contributed by atoms with Gasteiger partial charge in [-0.3, -0.25) is 19.9 Å². The third kappa shape index (κ3) is 24.8. The van der Waals surface area contributed by atoms with Gasteiger partial charge in [0.25, 0.3) is 23.6 Å². The summed E-state index contributed by atoms with van der Waals surface area (Å²) in [5, 5.41) is 16.8. The number of hydrogen-bond acceptors (Lipinski definition) is 26. The second-order valence-corrected chi connectivity index (χ2v) is 18.4. The van der Waals surface area contributed by atoms with Crippen LogP contribution in [-0.4, -0.2) is 74.9 Å². The van der Waals surface area contributed by atoms with Gasteiger partial charge in [-0.1, -0.05) is 48.5 Å². The normalized spacial score (nSPS) is 10.3. The Morgan fingerprint density at radius 2 is 0.494 bits per heavy atom. The van der Waals surface area contributed by atoms with Gasteiger partial charge < -0.3 is 27.8 Å². The fourth-order valence-electron chi connectivity index (χ4n) is 6.40. The van der Waals surface area contributed by atoms with Gasteiger partial charge in [0.1, 0.15) is 23.0 Å². The average molecular weight is 1360 g/mol. The number of alkyl halides is 4. The second-order valence-electron chi connectivity index (χ2n) is 15.3. The van der Waals surface area contributed by atoms with Crippen molar-refractivity contribution in [3.63, 3.8) is 0 Å². The molecular weight excluding hydrogens is 1320 g/mol. The number of benzene rings is 4. The Morgan fingerprint density at radius 1 is 0.333 bits per heavy atom. The summed E-state index contributed by atoms with van der Waals surface area (Å²) in [6.07, 6.45) is 12.0. The molecule has 0 atom stereocenters. The summed E-state index contributed by atoms with van der Waals surface area (Å²) in [5.41, 5.74) is 3.13. The van der Waals surface area contributed by atoms with E-state index in [4.69, 9.17) is 111 Å². The first-order valence-corrected chi connectivity index (χ1v) is 27.8. The van der Waals surface area contributed by atoms with Crippen LogP contribution in [0, 0.1) is 20.5 Å². The Kier molecular flexibility index (Phi) is 29.8. The predicted molar refractivity (Wildman–Crippen MR) is 280 cm³/mol. The van der Waals surface area contributed by atoms with Gasteiger partial charge in [-0.05, 0) is 97.1 Å². The SMILES string of the molecule is ClCCl.ClCCl.O=C(Oc1ccccc1-c1nnc(-c2ccccc2OC(=O)c2ccncc2)o1)c1ccncc1.O=C(Oc1ccccc1-c1nnc(-c2ccccc2OC(=O)c2ccncc2)o1)c1ccncc1.[Cu+2].[O-][Cl+3]([O-])([O-])[O-].[O-][Cl+3]([O-])([O-])[O-]. The van der Waals surface area contributed by atoms with E-state index in [2.05, 4.69) is 40.3 Å². The molecule has 10 rings (SSSR count). The van der Waals surface area contributed by atoms with E-state index < -0.39 is 44.4 Å². The number of nitrogens with zero attached hydrogens (tertiary/aromatic N) is 8. The number of hydrogen-bond donors (Lipinski definition) is 0. The molecule has 26 nitrogen and oxygen atoms in total. The zero-order valence-corrected chi connectivity index (χ0v) is 48.9. The van der Waals surface area contributed by atoms with Crippen LogP contribution in [0.2, 0.25) is 0 Å². The van der Waals surface area contributed by atoms with Crippen molar-refractivity contribution in [2.45, 2.75) is 0 Å². The van der Waals surface area contributed by atoms with Crippen molar-refractivity contribution in [3.8, 4) is 68.8 Å². The average Bonchev–Trinajstić information content (AvgIpc) is 2.69. The van der Waals surface area contributed by atoms with Crippen LogP contribution in [0.25, 0.3) is 45.8 Å². The summed E-state index contributed by atoms with van der Waals surface area (Å²) >= 11 is 19.1. The second kappa shape index (κ2) is 36.5. The summed E-state index contributed by atoms with van der Waals surface area (Å²) < 4.78 is 102. The molecule has 4 aromatic carbocycles. The van der Waals surface area contributed by atoms with Crippen molar-refractivity contribution in [2.75, 3.05) is 10.7 Å². The van der Waals surface area contributed by atoms with Gasteiger partial charge in [0.2, 0.25) is 0 Å². The molecule has 33 heteroatoms. The number of pyridine rings is 4. The molecule has 6 aromatic heterocycles. The van der Waals surface area contributed by atoms with E-state index in [1.807, 2.05) is 0 Å². The van der Waals surface area contributed by atoms with Gasteiger partial charge in [-0.15, -0.1) is 87.3 Å². The number of carbonyl (C=O) groups is 4. The molecule has 0 spiro atoms. The maximum absolute atomic E-state index is 12.5. The Bertz CT molecular complexity index is 3250. The largest absolute Gasteiger partial charge is 2.00 e. The fourth-order valence-corrected chi connectivity index (χ4v) is 6.40. The monoisotopic (exact) mass is 1360 g/mol. The van der Waals surface area contributed by atoms with E-state index in [1.54, 1.807) is 146 Å². The molecule has 10 aromatic rings. The maximum atomic E-state index is 12.5. The predicted octanol–water partition coefficient (Wildman–Crippen LogP) is 2.59. The first-order valence-electron chi connectivity index (χ1n) is 23.2. The van der Waals surface area contributed by atoms with Crippen molar-refractivity contribution >= 4 is 70.3 Å². The van der Waals surface area contributed by atoms with Crippen molar-refractivity contribution in [2.24, 2.45) is 0 Å². The van der Waals surface area contributed by atoms with Crippen LogP contribution in [0.1, 0.15) is 41.4 Å². The minimum absolute atomic E-state index is 0. The molecule has 1 radical (unpaired) electrons. The Labute approximate surface area is 526 Å². The van der Waals surface area contributed by atoms with Gasteiger partial charge in [-0.2, -0.15) is 0 Å². The molecule has 6 heterocycles. The summed E-state index contributed by atoms with van der Waals surface area (Å²) in [7, 11) is -9.89. The van der Waals surface area contributed by atoms with Crippen molar-refractivity contribution in [1.29, 1.82) is 0 Å². The van der Waals surface area contributed by atoms with Gasteiger partial charge in [0.15, 0.2) is 0 Å². The third-order valence-corrected chi connectivity index (χ3v) is 9.79. The van der Waals surface area contributed by atoms with Crippen LogP contribution in [0.4, 0.5) is 0 Å². The number of esters is 4. The molecule has 0 aliphatic carbocycles. The van der Waals surface area contributed by atoms with E-state index >= 15 is 0 Å². The van der Waals surface area contributed by atoms with Crippen LogP contribution in [0.15, 0.2) is 204 Å². The van der Waals surface area contributed by atoms with Gasteiger partial charge in [0.05, 0.1) is 55.2 Å². The molecule has 87 heavy (non-hydrogen) atoms. The molecule has 453 valence electrons. The minimum atomic E-state index is -4.94. The Morgan fingerprint density at radius 3 is 0.667 bits per heavy atom. The minimum Gasteiger partial charge on any atom is -0.422 e. The number of rotatable bonds is 12. The van der Waals surface area contributed by atoms with E-state index in [0.29, 0.717) is 44.5 Å². The summed E-state index contributed by atoms with van der Waals surface area (Å²) in [4.78, 5) is 65.7. The van der Waals surface area contributed by atoms with Crippen LogP contribution >= 0.6 is 46.4 Å². The Balaban J connectivity index is 0.000000296. The van der Waals surface area contributed by atoms with Crippen LogP contribution in [0.5, 0.6) is 23.0 Å². The first-order chi connectivity index (χ1) is 41.2. The van der Waals surface area contributed by atoms with Crippen LogP contribution in [0.3, 0.4) is 0 Å². The van der Waals surface area contributed by atoms with Crippen LogP contribution < -0.4 is 56.2 Å². The molecule has 0 unspecified atom stereocenters. The van der Waals surface area contributed by atoms with E-state index in [1.165, 1.54) is 49.6 Å². The first kappa shape index (κ1) is 71.1. The number of para-hydroxylation sites is 4. The molecule has 0 saturated heterocycles. The van der Waals surface area contributed by atoms with E-state index in [0.717, 1.165) is 0 Å². The molecule has 0 fully saturated rings. The molecular formula is C54H36Cl6CuN8O18. The van der Waals surface area contributed by atoms with Gasteiger partial charge in [-0.25, -0.2) is 56.5 Å². The number of ether oxygens (including phenoxy) is 4. The number of aromatic nitrogens is 8. The smallest absolute Gasteiger partial charge is 0.422 e. The van der Waals surface area contributed by atoms with E-state index in [9.17, 15) is 19.2 Å². The maximum Gasteiger partial charge on any atom is 2.00 e. The summed E-state index contributed by atoms with van der Waals surface area (Å²) in [6, 6.07) is 39.7. The molecule has 0 aliphatic rings. The van der Waals surface area contributed by atoms with Gasteiger partial charge >= 0.3 is 40.9 Å². The quantitative estimate of drug-likeness (QED) is 0.0734. The van der Waals surface area contributed by atoms with Gasteiger partial charge in [0, 0.05) is 49.6 Å². The molecule has 0 amide bonds. The molecule has 0 N–H and O–H groups in total. The molecule has 0 saturated carbocycles. The molecule has 0 aliphatic heterocycles. The summed E-state index contributed by atoms with van der Waals surface area (Å²) in [5.74, 6) is -0.655. The molecule has 0 bridgehead atoms. The standard InChI is InChI=1S/2C26H16N4O5.2CH2Cl2.2ClHO4.Cu/c2*31-25(17-9-13-27-14-10-17)33-21-7-3-1-5-19(21)23-29-30-24(35-23)20-6-2-4-8-22(20)34-26(32)18-11-15-28-16-12-18;2*2-1-3;2*2-1(3,4)5;/h2*1-16H;2*1H2;2*(H,2,3,4,5);/q;;;;;;+2/p-2. The van der Waals surface area contributed by atoms with Crippen molar-refractivity contribution in [3.05, 3.63) is 217 Å². The Hall–Kier alpha value is -8.42. The van der Waals surface area contributed by atoms with Crippen molar-refractivity contribution < 1.29 is 122 Å². The fraction of sp³-hybridized carbons (Fsp3) is 0.0370. The zero-order chi connectivity index (χ0) is 62.5. The topological polar surface area (TPSA) is 419 Å². The summed E-state index contributed by atoms with van der Waals surface area (Å²) in [6.45, 7) is 0. The zero-order valence-electron chi connectivity index (χ0n) is 43.4. The van der Waals surface area contributed by atoms with Crippen LogP contribution in [-0.2, 0) is 17.1 Å². The van der Waals surface area contributed by atoms with Crippen molar-refractivity contribution in [1.82, 2.24) is 40.3 Å². The third-order valence-electron chi connectivity index (χ3n) is 9.79. The van der Waals surface area contributed by atoms with E-state index in [-0.39, 0.29) is 74.3 Å². The number of halogens is 6.